The molecule has 0 aliphatic carbocycles. The highest BCUT2D eigenvalue weighted by Crippen LogP contribution is 2.18. The van der Waals surface area contributed by atoms with Crippen molar-refractivity contribution in [3.63, 3.8) is 0 Å². The number of carbonyl (C=O) groups excluding carboxylic acids is 1. The van der Waals surface area contributed by atoms with E-state index in [0.29, 0.717) is 6.42 Å². The van der Waals surface area contributed by atoms with Crippen LogP contribution < -0.4 is 15.5 Å². The highest BCUT2D eigenvalue weighted by atomic mass is 16.1. The minimum absolute atomic E-state index is 0.0722. The number of nitrogens with one attached hydrogen (secondary N) is 2. The van der Waals surface area contributed by atoms with Crippen LogP contribution in [0.3, 0.4) is 0 Å². The molecule has 0 aliphatic heterocycles. The molecule has 1 aromatic rings. The van der Waals surface area contributed by atoms with Gasteiger partial charge in [-0.25, -0.2) is 0 Å². The molecule has 0 saturated heterocycles. The van der Waals surface area contributed by atoms with E-state index in [2.05, 4.69) is 27.7 Å². The minimum Gasteiger partial charge on any atom is -0.374 e. The Balaban J connectivity index is 2.67. The number of hydrogen-bond acceptors (Lipinski definition) is 3. The van der Waals surface area contributed by atoms with Gasteiger partial charge in [-0.2, -0.15) is 0 Å². The van der Waals surface area contributed by atoms with Gasteiger partial charge in [0.15, 0.2) is 0 Å². The monoisotopic (exact) mass is 235 g/mol. The summed E-state index contributed by atoms with van der Waals surface area (Å²) in [6, 6.07) is 8.23. The Labute approximate surface area is 103 Å². The predicted molar refractivity (Wildman–Crippen MR) is 71.2 cm³/mol. The third kappa shape index (κ3) is 4.07. The van der Waals surface area contributed by atoms with Gasteiger partial charge in [0.1, 0.15) is 0 Å². The fraction of sp³-hybridized carbons (Fsp3) is 0.462. The molecule has 0 unspecified atom stereocenters. The predicted octanol–water partition coefficient (Wildman–Crippen LogP) is 0.978. The summed E-state index contributed by atoms with van der Waals surface area (Å²) in [6.45, 7) is 1.56. The molecule has 4 heteroatoms. The number of amides is 1. The lowest BCUT2D eigenvalue weighted by molar-refractivity contribution is -0.120. The van der Waals surface area contributed by atoms with E-state index in [1.807, 2.05) is 26.2 Å². The van der Waals surface area contributed by atoms with Crippen LogP contribution in [0.5, 0.6) is 0 Å². The number of para-hydroxylation sites is 1. The summed E-state index contributed by atoms with van der Waals surface area (Å²) in [5.74, 6) is 0.0722. The van der Waals surface area contributed by atoms with E-state index in [1.165, 1.54) is 11.3 Å². The van der Waals surface area contributed by atoms with Gasteiger partial charge in [-0.15, -0.1) is 0 Å². The first-order chi connectivity index (χ1) is 8.19. The SMILES string of the molecule is CNCc1ccccc1N(C)CCC(=O)NC. The fourth-order valence-corrected chi connectivity index (χ4v) is 1.74. The maximum Gasteiger partial charge on any atom is 0.221 e. The Bertz CT molecular complexity index is 365. The number of hydrogen-bond donors (Lipinski definition) is 2. The Kier molecular flexibility index (Phi) is 5.49. The van der Waals surface area contributed by atoms with E-state index in [0.717, 1.165) is 13.1 Å². The van der Waals surface area contributed by atoms with E-state index in [-0.39, 0.29) is 5.91 Å². The smallest absolute Gasteiger partial charge is 0.221 e. The average molecular weight is 235 g/mol. The van der Waals surface area contributed by atoms with Crippen molar-refractivity contribution in [2.45, 2.75) is 13.0 Å². The molecule has 0 radical (unpaired) electrons. The van der Waals surface area contributed by atoms with Gasteiger partial charge < -0.3 is 15.5 Å². The molecule has 1 amide bonds. The van der Waals surface area contributed by atoms with Crippen LogP contribution in [0.25, 0.3) is 0 Å². The van der Waals surface area contributed by atoms with Crippen molar-refractivity contribution >= 4 is 11.6 Å². The van der Waals surface area contributed by atoms with Crippen molar-refractivity contribution in [1.82, 2.24) is 10.6 Å². The molecule has 1 aromatic carbocycles. The van der Waals surface area contributed by atoms with Gasteiger partial charge in [-0.3, -0.25) is 4.79 Å². The fourth-order valence-electron chi connectivity index (χ4n) is 1.74. The molecule has 0 fully saturated rings. The first-order valence-corrected chi connectivity index (χ1v) is 5.83. The highest BCUT2D eigenvalue weighted by molar-refractivity contribution is 5.76. The zero-order valence-electron chi connectivity index (χ0n) is 10.8. The first-order valence-electron chi connectivity index (χ1n) is 5.83. The molecule has 17 heavy (non-hydrogen) atoms. The van der Waals surface area contributed by atoms with Crippen LogP contribution in [0.15, 0.2) is 24.3 Å². The van der Waals surface area contributed by atoms with Gasteiger partial charge in [-0.05, 0) is 18.7 Å². The van der Waals surface area contributed by atoms with Crippen molar-refractivity contribution in [2.24, 2.45) is 0 Å². The second kappa shape index (κ2) is 6.91. The lowest BCUT2D eigenvalue weighted by atomic mass is 10.1. The van der Waals surface area contributed by atoms with Crippen LogP contribution in [-0.2, 0) is 11.3 Å². The lowest BCUT2D eigenvalue weighted by Gasteiger charge is -2.22. The summed E-state index contributed by atoms with van der Waals surface area (Å²) >= 11 is 0. The van der Waals surface area contributed by atoms with E-state index < -0.39 is 0 Å². The van der Waals surface area contributed by atoms with E-state index in [4.69, 9.17) is 0 Å². The number of carbonyl (C=O) groups is 1. The lowest BCUT2D eigenvalue weighted by Crippen LogP contribution is -2.27. The third-order valence-corrected chi connectivity index (χ3v) is 2.72. The molecule has 2 N–H and O–H groups in total. The van der Waals surface area contributed by atoms with Gasteiger partial charge in [0, 0.05) is 39.3 Å². The Morgan fingerprint density at radius 3 is 2.65 bits per heavy atom. The van der Waals surface area contributed by atoms with Crippen molar-refractivity contribution in [2.75, 3.05) is 32.6 Å². The van der Waals surface area contributed by atoms with Crippen LogP contribution in [-0.4, -0.2) is 33.6 Å². The average Bonchev–Trinajstić information content (AvgIpc) is 2.36. The second-order valence-electron chi connectivity index (χ2n) is 4.00. The molecule has 0 bridgehead atoms. The largest absolute Gasteiger partial charge is 0.374 e. The van der Waals surface area contributed by atoms with Gasteiger partial charge in [0.2, 0.25) is 5.91 Å². The highest BCUT2D eigenvalue weighted by Gasteiger charge is 2.07. The van der Waals surface area contributed by atoms with Gasteiger partial charge in [0.05, 0.1) is 0 Å². The first kappa shape index (κ1) is 13.5. The van der Waals surface area contributed by atoms with Crippen molar-refractivity contribution in [3.8, 4) is 0 Å². The number of rotatable bonds is 6. The Morgan fingerprint density at radius 2 is 2.00 bits per heavy atom. The van der Waals surface area contributed by atoms with E-state index in [1.54, 1.807) is 7.05 Å². The molecule has 0 aromatic heterocycles. The van der Waals surface area contributed by atoms with Gasteiger partial charge >= 0.3 is 0 Å². The van der Waals surface area contributed by atoms with Crippen molar-refractivity contribution in [3.05, 3.63) is 29.8 Å². The molecule has 94 valence electrons. The molecule has 0 spiro atoms. The number of nitrogens with zero attached hydrogens (tertiary/aromatic N) is 1. The van der Waals surface area contributed by atoms with Crippen LogP contribution >= 0.6 is 0 Å². The maximum atomic E-state index is 11.2. The minimum atomic E-state index is 0.0722. The van der Waals surface area contributed by atoms with Crippen molar-refractivity contribution < 1.29 is 4.79 Å². The second-order valence-corrected chi connectivity index (χ2v) is 4.00. The zero-order chi connectivity index (χ0) is 12.7. The van der Waals surface area contributed by atoms with Crippen LogP contribution in [0.4, 0.5) is 5.69 Å². The molecule has 4 nitrogen and oxygen atoms in total. The third-order valence-electron chi connectivity index (χ3n) is 2.72. The van der Waals surface area contributed by atoms with Gasteiger partial charge in [0.25, 0.3) is 0 Å². The summed E-state index contributed by atoms with van der Waals surface area (Å²) in [7, 11) is 5.61. The molecule has 0 atom stereocenters. The summed E-state index contributed by atoms with van der Waals surface area (Å²) < 4.78 is 0. The standard InChI is InChI=1S/C13H21N3O/c1-14-10-11-6-4-5-7-12(11)16(3)9-8-13(17)15-2/h4-7,14H,8-10H2,1-3H3,(H,15,17). The molecular weight excluding hydrogens is 214 g/mol. The zero-order valence-corrected chi connectivity index (χ0v) is 10.8. The molecule has 0 saturated carbocycles. The topological polar surface area (TPSA) is 44.4 Å². The molecule has 1 rings (SSSR count). The van der Waals surface area contributed by atoms with Crippen LogP contribution in [0, 0.1) is 0 Å². The quantitative estimate of drug-likeness (QED) is 0.772. The van der Waals surface area contributed by atoms with Crippen LogP contribution in [0.2, 0.25) is 0 Å². The molecule has 0 aliphatic rings. The van der Waals surface area contributed by atoms with Crippen molar-refractivity contribution in [1.29, 1.82) is 0 Å². The Morgan fingerprint density at radius 1 is 1.29 bits per heavy atom. The number of anilines is 1. The summed E-state index contributed by atoms with van der Waals surface area (Å²) in [4.78, 5) is 13.3. The number of benzene rings is 1. The van der Waals surface area contributed by atoms with E-state index >= 15 is 0 Å². The normalized spacial score (nSPS) is 10.1. The summed E-state index contributed by atoms with van der Waals surface area (Å²) in [5.41, 5.74) is 2.42. The Hall–Kier alpha value is -1.55. The molecule has 0 heterocycles. The van der Waals surface area contributed by atoms with E-state index in [9.17, 15) is 4.79 Å². The maximum absolute atomic E-state index is 11.2. The van der Waals surface area contributed by atoms with Gasteiger partial charge in [-0.1, -0.05) is 18.2 Å². The molecular formula is C13H21N3O. The summed E-state index contributed by atoms with van der Waals surface area (Å²) in [6.07, 6.45) is 0.515. The van der Waals surface area contributed by atoms with Crippen LogP contribution in [0.1, 0.15) is 12.0 Å². The summed E-state index contributed by atoms with van der Waals surface area (Å²) in [5, 5.41) is 5.78.